The Morgan fingerprint density at radius 2 is 1.71 bits per heavy atom. The lowest BCUT2D eigenvalue weighted by atomic mass is 10.1. The Balaban J connectivity index is 2.18. The number of benzene rings is 2. The molecular weight excluding hydrogens is 270 g/mol. The molecule has 0 heterocycles. The van der Waals surface area contributed by atoms with Gasteiger partial charge in [0.1, 0.15) is 11.8 Å². The second-order valence-corrected chi connectivity index (χ2v) is 4.41. The van der Waals surface area contributed by atoms with E-state index in [4.69, 9.17) is 1.37 Å². The molecule has 2 rings (SSSR count). The van der Waals surface area contributed by atoms with Gasteiger partial charge < -0.3 is 15.5 Å². The fraction of sp³-hybridized carbons (Fsp3) is 0.125. The topological polar surface area (TPSA) is 86.6 Å². The number of rotatable bonds is 5. The summed E-state index contributed by atoms with van der Waals surface area (Å²) in [7, 11) is 0. The molecule has 0 aliphatic heterocycles. The molecule has 1 unspecified atom stereocenters. The minimum absolute atomic E-state index is 0.0242. The predicted molar refractivity (Wildman–Crippen MR) is 77.1 cm³/mol. The molecule has 0 radical (unpaired) electrons. The van der Waals surface area contributed by atoms with Crippen molar-refractivity contribution >= 4 is 11.9 Å². The SMILES string of the molecule is [2H]C(c1ccc(O)cc1)[C@H](NC(=O)c1ccccc1)C(=O)O. The second-order valence-electron chi connectivity index (χ2n) is 4.41. The molecule has 5 heteroatoms. The summed E-state index contributed by atoms with van der Waals surface area (Å²) in [5, 5.41) is 20.9. The van der Waals surface area contributed by atoms with Crippen molar-refractivity contribution in [3.05, 3.63) is 65.7 Å². The molecule has 0 bridgehead atoms. The molecule has 108 valence electrons. The number of carbonyl (C=O) groups is 2. The Kier molecular flexibility index (Phi) is 4.12. The lowest BCUT2D eigenvalue weighted by Crippen LogP contribution is -2.42. The molecule has 0 saturated carbocycles. The molecule has 3 N–H and O–H groups in total. The van der Waals surface area contributed by atoms with E-state index in [-0.39, 0.29) is 5.75 Å². The molecule has 1 amide bonds. The van der Waals surface area contributed by atoms with Gasteiger partial charge in [0.2, 0.25) is 0 Å². The molecule has 0 aliphatic carbocycles. The summed E-state index contributed by atoms with van der Waals surface area (Å²) >= 11 is 0. The van der Waals surface area contributed by atoms with Gasteiger partial charge >= 0.3 is 5.97 Å². The number of aromatic hydroxyl groups is 1. The average molecular weight is 286 g/mol. The summed E-state index contributed by atoms with van der Waals surface area (Å²) in [4.78, 5) is 23.4. The van der Waals surface area contributed by atoms with Crippen LogP contribution in [0.3, 0.4) is 0 Å². The summed E-state index contributed by atoms with van der Waals surface area (Å²) in [5.41, 5.74) is 0.713. The maximum atomic E-state index is 12.1. The molecule has 2 atom stereocenters. The third-order valence-electron chi connectivity index (χ3n) is 2.84. The van der Waals surface area contributed by atoms with E-state index in [1.807, 2.05) is 0 Å². The van der Waals surface area contributed by atoms with Crippen LogP contribution in [0.1, 0.15) is 17.3 Å². The highest BCUT2D eigenvalue weighted by Gasteiger charge is 2.21. The van der Waals surface area contributed by atoms with Crippen LogP contribution in [0.5, 0.6) is 5.75 Å². The molecule has 5 nitrogen and oxygen atoms in total. The van der Waals surface area contributed by atoms with Gasteiger partial charge in [0, 0.05) is 13.3 Å². The second kappa shape index (κ2) is 6.56. The van der Waals surface area contributed by atoms with Crippen LogP contribution in [-0.2, 0) is 11.2 Å². The fourth-order valence-corrected chi connectivity index (χ4v) is 1.77. The van der Waals surface area contributed by atoms with Gasteiger partial charge in [-0.3, -0.25) is 4.79 Å². The summed E-state index contributed by atoms with van der Waals surface area (Å²) in [6.45, 7) is 0. The van der Waals surface area contributed by atoms with Crippen LogP contribution in [0.15, 0.2) is 54.6 Å². The number of carboxylic acids is 1. The Morgan fingerprint density at radius 1 is 1.10 bits per heavy atom. The lowest BCUT2D eigenvalue weighted by molar-refractivity contribution is -0.139. The largest absolute Gasteiger partial charge is 0.508 e. The Labute approximate surface area is 123 Å². The van der Waals surface area contributed by atoms with Gasteiger partial charge in [0.25, 0.3) is 5.91 Å². The van der Waals surface area contributed by atoms with Crippen LogP contribution in [0.25, 0.3) is 0 Å². The number of nitrogens with one attached hydrogen (secondary N) is 1. The number of phenolic OH excluding ortho intramolecular Hbond substituents is 1. The minimum atomic E-state index is -1.39. The Morgan fingerprint density at radius 3 is 2.29 bits per heavy atom. The number of amides is 1. The van der Waals surface area contributed by atoms with E-state index in [2.05, 4.69) is 5.32 Å². The predicted octanol–water partition coefficient (Wildman–Crippen LogP) is 1.82. The van der Waals surface area contributed by atoms with Gasteiger partial charge in [-0.2, -0.15) is 0 Å². The van der Waals surface area contributed by atoms with Crippen molar-refractivity contribution in [1.82, 2.24) is 5.32 Å². The molecule has 2 aromatic carbocycles. The van der Waals surface area contributed by atoms with Crippen LogP contribution in [-0.4, -0.2) is 28.1 Å². The van der Waals surface area contributed by atoms with Gasteiger partial charge in [0.05, 0.1) is 0 Å². The number of hydrogen-bond acceptors (Lipinski definition) is 3. The lowest BCUT2D eigenvalue weighted by Gasteiger charge is -2.14. The number of carbonyl (C=O) groups excluding carboxylic acids is 1. The number of hydrogen-bond donors (Lipinski definition) is 3. The molecular formula is C16H15NO4. The number of carboxylic acid groups (broad SMARTS) is 1. The van der Waals surface area contributed by atoms with E-state index < -0.39 is 24.3 Å². The van der Waals surface area contributed by atoms with Gasteiger partial charge in [-0.1, -0.05) is 30.3 Å². The van der Waals surface area contributed by atoms with E-state index in [0.29, 0.717) is 11.1 Å². The quantitative estimate of drug-likeness (QED) is 0.782. The first-order valence-electron chi connectivity index (χ1n) is 6.86. The van der Waals surface area contributed by atoms with Gasteiger partial charge in [-0.15, -0.1) is 0 Å². The first kappa shape index (κ1) is 13.2. The fourth-order valence-electron chi connectivity index (χ4n) is 1.77. The first-order chi connectivity index (χ1) is 10.5. The molecule has 0 fully saturated rings. The van der Waals surface area contributed by atoms with Crippen molar-refractivity contribution in [2.24, 2.45) is 0 Å². The van der Waals surface area contributed by atoms with Crippen LogP contribution in [0, 0.1) is 0 Å². The minimum Gasteiger partial charge on any atom is -0.508 e. The standard InChI is InChI=1S/C16H15NO4/c18-13-8-6-11(7-9-13)10-14(16(20)21)17-15(19)12-4-2-1-3-5-12/h1-9,14,18H,10H2,(H,17,19)(H,20,21)/t14-/m0/s1/i10D/t10?,14-. The van der Waals surface area contributed by atoms with Gasteiger partial charge in [-0.05, 0) is 29.8 Å². The van der Waals surface area contributed by atoms with Crippen molar-refractivity contribution in [2.45, 2.75) is 12.4 Å². The van der Waals surface area contributed by atoms with Crippen molar-refractivity contribution < 1.29 is 21.2 Å². The van der Waals surface area contributed by atoms with Gasteiger partial charge in [-0.25, -0.2) is 4.79 Å². The monoisotopic (exact) mass is 286 g/mol. The van der Waals surface area contributed by atoms with Gasteiger partial charge in [0.15, 0.2) is 0 Å². The molecule has 2 aromatic rings. The van der Waals surface area contributed by atoms with E-state index in [1.54, 1.807) is 30.3 Å². The third kappa shape index (κ3) is 4.07. The molecule has 0 saturated heterocycles. The highest BCUT2D eigenvalue weighted by Crippen LogP contribution is 2.12. The van der Waals surface area contributed by atoms with E-state index in [0.717, 1.165) is 0 Å². The van der Waals surface area contributed by atoms with E-state index in [9.17, 15) is 19.8 Å². The highest BCUT2D eigenvalue weighted by atomic mass is 16.4. The van der Waals surface area contributed by atoms with Crippen LogP contribution in [0.4, 0.5) is 0 Å². The zero-order valence-corrected chi connectivity index (χ0v) is 11.1. The zero-order chi connectivity index (χ0) is 16.1. The maximum absolute atomic E-state index is 12.1. The van der Waals surface area contributed by atoms with Crippen molar-refractivity contribution in [3.63, 3.8) is 0 Å². The summed E-state index contributed by atoms with van der Waals surface area (Å²) in [6.07, 6.45) is -1.19. The smallest absolute Gasteiger partial charge is 0.326 e. The highest BCUT2D eigenvalue weighted by molar-refractivity contribution is 5.96. The normalized spacial score (nSPS) is 13.8. The van der Waals surface area contributed by atoms with Crippen LogP contribution in [0.2, 0.25) is 0 Å². The zero-order valence-electron chi connectivity index (χ0n) is 12.1. The molecule has 0 aromatic heterocycles. The van der Waals surface area contributed by atoms with E-state index >= 15 is 0 Å². The summed E-state index contributed by atoms with van der Waals surface area (Å²) in [5.74, 6) is -1.82. The molecule has 0 spiro atoms. The molecule has 0 aliphatic rings. The van der Waals surface area contributed by atoms with E-state index in [1.165, 1.54) is 24.3 Å². The number of phenols is 1. The first-order valence-corrected chi connectivity index (χ1v) is 6.29. The Hall–Kier alpha value is -2.82. The van der Waals surface area contributed by atoms with Crippen LogP contribution >= 0.6 is 0 Å². The van der Waals surface area contributed by atoms with Crippen molar-refractivity contribution in [2.75, 3.05) is 0 Å². The van der Waals surface area contributed by atoms with Crippen LogP contribution < -0.4 is 5.32 Å². The average Bonchev–Trinajstić information content (AvgIpc) is 2.53. The summed E-state index contributed by atoms with van der Waals surface area (Å²) in [6, 6.07) is 12.5. The third-order valence-corrected chi connectivity index (χ3v) is 2.84. The molecule has 21 heavy (non-hydrogen) atoms. The number of aliphatic carboxylic acids is 1. The maximum Gasteiger partial charge on any atom is 0.326 e. The van der Waals surface area contributed by atoms with Crippen molar-refractivity contribution in [1.29, 1.82) is 0 Å². The van der Waals surface area contributed by atoms with Crippen molar-refractivity contribution in [3.8, 4) is 5.75 Å². The Bertz CT molecular complexity index is 658. The summed E-state index contributed by atoms with van der Waals surface area (Å²) < 4.78 is 8.05.